The lowest BCUT2D eigenvalue weighted by Crippen LogP contribution is -1.99. The van der Waals surface area contributed by atoms with Crippen LogP contribution in [0.5, 0.6) is 11.6 Å². The molecule has 6 nitrogen and oxygen atoms in total. The van der Waals surface area contributed by atoms with Crippen LogP contribution < -0.4 is 4.74 Å². The van der Waals surface area contributed by atoms with Crippen LogP contribution in [-0.4, -0.2) is 28.0 Å². The number of hydrogen-bond donors (Lipinski definition) is 1. The molecule has 0 atom stereocenters. The van der Waals surface area contributed by atoms with Crippen LogP contribution in [0.1, 0.15) is 10.4 Å². The first kappa shape index (κ1) is 13.4. The molecule has 0 fully saturated rings. The fourth-order valence-electron chi connectivity index (χ4n) is 1.94. The van der Waals surface area contributed by atoms with Crippen molar-refractivity contribution >= 4 is 28.5 Å². The number of ether oxygens (including phenoxy) is 2. The highest BCUT2D eigenvalue weighted by atomic mass is 35.5. The number of rotatable bonds is 3. The second kappa shape index (κ2) is 5.41. The molecule has 0 saturated heterocycles. The zero-order chi connectivity index (χ0) is 14.8. The average molecular weight is 304 g/mol. The first-order valence-corrected chi connectivity index (χ1v) is 6.40. The quantitative estimate of drug-likeness (QED) is 0.594. The zero-order valence-corrected chi connectivity index (χ0v) is 11.7. The molecule has 0 radical (unpaired) electrons. The SMILES string of the molecule is COC(=O)c1c[nH]c2cc(Oc3cc(Cl)ncn3)ccc12. The molecule has 2 aromatic heterocycles. The fraction of sp³-hybridized carbons (Fsp3) is 0.0714. The molecule has 0 amide bonds. The lowest BCUT2D eigenvalue weighted by atomic mass is 10.2. The molecule has 0 saturated carbocycles. The average Bonchev–Trinajstić information content (AvgIpc) is 2.89. The number of aromatic amines is 1. The van der Waals surface area contributed by atoms with Crippen molar-refractivity contribution in [2.24, 2.45) is 0 Å². The van der Waals surface area contributed by atoms with Gasteiger partial charge in [0.25, 0.3) is 0 Å². The van der Waals surface area contributed by atoms with Gasteiger partial charge in [-0.3, -0.25) is 0 Å². The second-order valence-electron chi connectivity index (χ2n) is 4.18. The molecule has 0 aliphatic heterocycles. The maximum atomic E-state index is 11.6. The van der Waals surface area contributed by atoms with Crippen molar-refractivity contribution in [1.82, 2.24) is 15.0 Å². The molecule has 0 aliphatic rings. The van der Waals surface area contributed by atoms with Gasteiger partial charge in [0.05, 0.1) is 12.7 Å². The van der Waals surface area contributed by atoms with Crippen LogP contribution in [0.4, 0.5) is 0 Å². The minimum atomic E-state index is -0.391. The van der Waals surface area contributed by atoms with E-state index in [4.69, 9.17) is 21.1 Å². The van der Waals surface area contributed by atoms with Crippen LogP contribution in [0.15, 0.2) is 36.8 Å². The minimum Gasteiger partial charge on any atom is -0.465 e. The Hall–Kier alpha value is -2.60. The second-order valence-corrected chi connectivity index (χ2v) is 4.57. The number of esters is 1. The normalized spacial score (nSPS) is 10.6. The van der Waals surface area contributed by atoms with Crippen molar-refractivity contribution in [1.29, 1.82) is 0 Å². The van der Waals surface area contributed by atoms with Crippen molar-refractivity contribution < 1.29 is 14.3 Å². The number of benzene rings is 1. The summed E-state index contributed by atoms with van der Waals surface area (Å²) >= 11 is 5.77. The van der Waals surface area contributed by atoms with Crippen molar-refractivity contribution in [2.75, 3.05) is 7.11 Å². The maximum Gasteiger partial charge on any atom is 0.340 e. The molecule has 0 bridgehead atoms. The Labute approximate surface area is 124 Å². The standard InChI is InChI=1S/C14H10ClN3O3/c1-20-14(19)10-6-16-11-4-8(2-3-9(10)11)21-13-5-12(15)17-7-18-13/h2-7,16H,1H3. The summed E-state index contributed by atoms with van der Waals surface area (Å²) in [5, 5.41) is 1.06. The van der Waals surface area contributed by atoms with Gasteiger partial charge in [-0.25, -0.2) is 14.8 Å². The summed E-state index contributed by atoms with van der Waals surface area (Å²) in [7, 11) is 1.34. The van der Waals surface area contributed by atoms with Crippen LogP contribution in [0.2, 0.25) is 5.15 Å². The summed E-state index contributed by atoms with van der Waals surface area (Å²) in [6, 6.07) is 6.78. The smallest absolute Gasteiger partial charge is 0.340 e. The molecular weight excluding hydrogens is 294 g/mol. The van der Waals surface area contributed by atoms with E-state index in [1.165, 1.54) is 19.5 Å². The molecule has 3 aromatic rings. The Bertz CT molecular complexity index is 816. The van der Waals surface area contributed by atoms with E-state index >= 15 is 0 Å². The molecule has 0 unspecified atom stereocenters. The molecular formula is C14H10ClN3O3. The van der Waals surface area contributed by atoms with E-state index in [1.54, 1.807) is 24.4 Å². The number of methoxy groups -OCH3 is 1. The number of nitrogens with one attached hydrogen (secondary N) is 1. The lowest BCUT2D eigenvalue weighted by Gasteiger charge is -2.04. The van der Waals surface area contributed by atoms with Crippen molar-refractivity contribution in [2.45, 2.75) is 0 Å². The zero-order valence-electron chi connectivity index (χ0n) is 11.0. The highest BCUT2D eigenvalue weighted by Crippen LogP contribution is 2.27. The summed E-state index contributed by atoms with van der Waals surface area (Å²) in [4.78, 5) is 22.3. The number of aromatic nitrogens is 3. The van der Waals surface area contributed by atoms with Gasteiger partial charge in [-0.15, -0.1) is 0 Å². The first-order chi connectivity index (χ1) is 10.2. The van der Waals surface area contributed by atoms with Crippen LogP contribution in [0, 0.1) is 0 Å². The Kier molecular flexibility index (Phi) is 3.45. The van der Waals surface area contributed by atoms with Crippen molar-refractivity contribution in [3.8, 4) is 11.6 Å². The van der Waals surface area contributed by atoms with Crippen LogP contribution >= 0.6 is 11.6 Å². The Morgan fingerprint density at radius 1 is 1.29 bits per heavy atom. The Morgan fingerprint density at radius 2 is 2.14 bits per heavy atom. The van der Waals surface area contributed by atoms with E-state index in [2.05, 4.69) is 15.0 Å². The van der Waals surface area contributed by atoms with Crippen LogP contribution in [0.3, 0.4) is 0 Å². The maximum absolute atomic E-state index is 11.6. The van der Waals surface area contributed by atoms with Crippen LogP contribution in [0.25, 0.3) is 10.9 Å². The highest BCUT2D eigenvalue weighted by molar-refractivity contribution is 6.29. The number of nitrogens with zero attached hydrogens (tertiary/aromatic N) is 2. The van der Waals surface area contributed by atoms with Gasteiger partial charge in [-0.1, -0.05) is 11.6 Å². The fourth-order valence-corrected chi connectivity index (χ4v) is 2.08. The number of halogens is 1. The van der Waals surface area contributed by atoms with Gasteiger partial charge < -0.3 is 14.5 Å². The molecule has 0 aliphatic carbocycles. The van der Waals surface area contributed by atoms with E-state index in [1.807, 2.05) is 0 Å². The third-order valence-corrected chi connectivity index (χ3v) is 3.10. The molecule has 3 rings (SSSR count). The Morgan fingerprint density at radius 3 is 2.90 bits per heavy atom. The predicted molar refractivity (Wildman–Crippen MR) is 76.8 cm³/mol. The third-order valence-electron chi connectivity index (χ3n) is 2.89. The highest BCUT2D eigenvalue weighted by Gasteiger charge is 2.12. The molecule has 2 heterocycles. The largest absolute Gasteiger partial charge is 0.465 e. The number of carbonyl (C=O) groups is 1. The van der Waals surface area contributed by atoms with E-state index < -0.39 is 5.97 Å². The monoisotopic (exact) mass is 303 g/mol. The van der Waals surface area contributed by atoms with E-state index in [-0.39, 0.29) is 0 Å². The molecule has 106 valence electrons. The molecule has 7 heteroatoms. The van der Waals surface area contributed by atoms with Gasteiger partial charge in [0, 0.05) is 29.2 Å². The summed E-state index contributed by atoms with van der Waals surface area (Å²) in [6.45, 7) is 0. The predicted octanol–water partition coefficient (Wildman–Crippen LogP) is 3.19. The van der Waals surface area contributed by atoms with Crippen molar-refractivity contribution in [3.63, 3.8) is 0 Å². The van der Waals surface area contributed by atoms with Gasteiger partial charge in [0.1, 0.15) is 17.2 Å². The van der Waals surface area contributed by atoms with Gasteiger partial charge in [0.15, 0.2) is 0 Å². The van der Waals surface area contributed by atoms with Gasteiger partial charge in [-0.05, 0) is 12.1 Å². The van der Waals surface area contributed by atoms with Gasteiger partial charge in [0.2, 0.25) is 5.88 Å². The Balaban J connectivity index is 1.93. The molecule has 1 N–H and O–H groups in total. The van der Waals surface area contributed by atoms with Crippen molar-refractivity contribution in [3.05, 3.63) is 47.5 Å². The summed E-state index contributed by atoms with van der Waals surface area (Å²) in [5.41, 5.74) is 1.23. The van der Waals surface area contributed by atoms with E-state index in [0.717, 1.165) is 10.9 Å². The van der Waals surface area contributed by atoms with E-state index in [9.17, 15) is 4.79 Å². The number of H-pyrrole nitrogens is 1. The molecule has 1 aromatic carbocycles. The summed E-state index contributed by atoms with van der Waals surface area (Å²) in [5.74, 6) is 0.516. The van der Waals surface area contributed by atoms with E-state index in [0.29, 0.717) is 22.3 Å². The summed E-state index contributed by atoms with van der Waals surface area (Å²) in [6.07, 6.45) is 2.92. The minimum absolute atomic E-state index is 0.300. The number of fused-ring (bicyclic) bond motifs is 1. The third kappa shape index (κ3) is 2.66. The first-order valence-electron chi connectivity index (χ1n) is 6.02. The topological polar surface area (TPSA) is 77.1 Å². The molecule has 21 heavy (non-hydrogen) atoms. The lowest BCUT2D eigenvalue weighted by molar-refractivity contribution is 0.0603. The van der Waals surface area contributed by atoms with Crippen LogP contribution in [-0.2, 0) is 4.74 Å². The van der Waals surface area contributed by atoms with Gasteiger partial charge >= 0.3 is 5.97 Å². The number of carbonyl (C=O) groups excluding carboxylic acids is 1. The summed E-state index contributed by atoms with van der Waals surface area (Å²) < 4.78 is 10.3. The van der Waals surface area contributed by atoms with Gasteiger partial charge in [-0.2, -0.15) is 0 Å². The number of hydrogen-bond acceptors (Lipinski definition) is 5. The molecule has 0 spiro atoms.